The van der Waals surface area contributed by atoms with E-state index in [-0.39, 0.29) is 5.97 Å². The Morgan fingerprint density at radius 2 is 2.38 bits per heavy atom. The Hall–Kier alpha value is -0.960. The van der Waals surface area contributed by atoms with Crippen LogP contribution in [0.3, 0.4) is 0 Å². The van der Waals surface area contributed by atoms with E-state index in [0.29, 0.717) is 25.3 Å². The summed E-state index contributed by atoms with van der Waals surface area (Å²) in [5.41, 5.74) is 1.01. The highest BCUT2D eigenvalue weighted by Crippen LogP contribution is 2.32. The number of carbonyl (C=O) groups is 1. The zero-order valence-electron chi connectivity index (χ0n) is 9.64. The fourth-order valence-corrected chi connectivity index (χ4v) is 2.02. The molecule has 0 aromatic heterocycles. The summed E-state index contributed by atoms with van der Waals surface area (Å²) >= 11 is 5.71. The minimum Gasteiger partial charge on any atom is -0.464 e. The fourth-order valence-electron chi connectivity index (χ4n) is 1.93. The highest BCUT2D eigenvalue weighted by atomic mass is 35.5. The zero-order chi connectivity index (χ0) is 12.2. The molecule has 90 valence electrons. The number of esters is 1. The lowest BCUT2D eigenvalue weighted by atomic mass is 9.90. The second-order valence-electron chi connectivity index (χ2n) is 4.09. The van der Waals surface area contributed by atoms with Gasteiger partial charge in [-0.15, -0.1) is 11.6 Å². The number of hydrogen-bond acceptors (Lipinski definition) is 3. The van der Waals surface area contributed by atoms with Crippen molar-refractivity contribution in [3.8, 4) is 0 Å². The minimum atomic E-state index is -0.695. The van der Waals surface area contributed by atoms with Crippen LogP contribution in [0.5, 0.6) is 0 Å². The van der Waals surface area contributed by atoms with Crippen LogP contribution in [0.25, 0.3) is 0 Å². The molecule has 0 spiro atoms. The van der Waals surface area contributed by atoms with Gasteiger partial charge >= 0.3 is 5.97 Å². The summed E-state index contributed by atoms with van der Waals surface area (Å²) in [6.07, 6.45) is 1.99. The average Bonchev–Trinajstić information content (AvgIpc) is 2.61. The third kappa shape index (κ3) is 2.79. The van der Waals surface area contributed by atoms with Crippen LogP contribution in [0.2, 0.25) is 0 Å². The van der Waals surface area contributed by atoms with Gasteiger partial charge in [-0.25, -0.2) is 4.79 Å². The molecule has 16 heavy (non-hydrogen) atoms. The van der Waals surface area contributed by atoms with Gasteiger partial charge in [0.25, 0.3) is 0 Å². The van der Waals surface area contributed by atoms with E-state index < -0.39 is 5.54 Å². The van der Waals surface area contributed by atoms with Crippen LogP contribution in [0.15, 0.2) is 24.4 Å². The van der Waals surface area contributed by atoms with E-state index in [1.807, 2.05) is 0 Å². The van der Waals surface area contributed by atoms with Gasteiger partial charge in [0.05, 0.1) is 6.61 Å². The monoisotopic (exact) mass is 243 g/mol. The van der Waals surface area contributed by atoms with Gasteiger partial charge in [-0.3, -0.25) is 0 Å². The number of rotatable bonds is 5. The van der Waals surface area contributed by atoms with Crippen LogP contribution >= 0.6 is 11.6 Å². The average molecular weight is 244 g/mol. The van der Waals surface area contributed by atoms with E-state index in [1.54, 1.807) is 6.92 Å². The van der Waals surface area contributed by atoms with Gasteiger partial charge in [-0.2, -0.15) is 0 Å². The molecule has 0 bridgehead atoms. The first-order chi connectivity index (χ1) is 7.54. The number of hydrogen-bond donors (Lipinski definition) is 1. The highest BCUT2D eigenvalue weighted by molar-refractivity contribution is 6.19. The predicted molar refractivity (Wildman–Crippen MR) is 65.4 cm³/mol. The smallest absolute Gasteiger partial charge is 0.332 e. The van der Waals surface area contributed by atoms with Crippen LogP contribution in [0.4, 0.5) is 0 Å². The van der Waals surface area contributed by atoms with Gasteiger partial charge < -0.3 is 10.1 Å². The summed E-state index contributed by atoms with van der Waals surface area (Å²) in [7, 11) is 0. The molecule has 0 aromatic carbocycles. The molecule has 4 heteroatoms. The van der Waals surface area contributed by atoms with Crippen LogP contribution in [-0.2, 0) is 9.53 Å². The number of halogens is 1. The molecule has 0 radical (unpaired) electrons. The molecule has 1 saturated heterocycles. The van der Waals surface area contributed by atoms with Crippen molar-refractivity contribution in [2.24, 2.45) is 0 Å². The Balaban J connectivity index is 2.81. The molecule has 0 aromatic rings. The minimum absolute atomic E-state index is 0.236. The standard InChI is InChI=1S/C12H18ClNO2/c1-4-16-11(15)12(7-9(2)8-13)6-5-10(3)14-12/h14H,2-8H2,1H3. The van der Waals surface area contributed by atoms with Crippen molar-refractivity contribution in [1.82, 2.24) is 5.32 Å². The van der Waals surface area contributed by atoms with E-state index in [4.69, 9.17) is 16.3 Å². The van der Waals surface area contributed by atoms with Crippen molar-refractivity contribution in [2.75, 3.05) is 12.5 Å². The van der Waals surface area contributed by atoms with E-state index in [1.165, 1.54) is 0 Å². The van der Waals surface area contributed by atoms with Gasteiger partial charge in [-0.1, -0.05) is 18.7 Å². The third-order valence-corrected chi connectivity index (χ3v) is 3.05. The molecule has 0 saturated carbocycles. The number of alkyl halides is 1. The molecule has 1 aliphatic rings. The maximum Gasteiger partial charge on any atom is 0.332 e. The van der Waals surface area contributed by atoms with E-state index >= 15 is 0 Å². The maximum absolute atomic E-state index is 12.0. The topological polar surface area (TPSA) is 38.3 Å². The number of allylic oxidation sites excluding steroid dienone is 1. The Morgan fingerprint density at radius 1 is 1.69 bits per heavy atom. The molecule has 1 unspecified atom stereocenters. The summed E-state index contributed by atoms with van der Waals surface area (Å²) in [5, 5.41) is 3.13. The molecule has 1 heterocycles. The van der Waals surface area contributed by atoms with Crippen molar-refractivity contribution in [2.45, 2.75) is 31.7 Å². The summed E-state index contributed by atoms with van der Waals surface area (Å²) in [6.45, 7) is 9.86. The lowest BCUT2D eigenvalue weighted by molar-refractivity contribution is -0.150. The lowest BCUT2D eigenvalue weighted by Crippen LogP contribution is -2.48. The zero-order valence-corrected chi connectivity index (χ0v) is 10.4. The Kier molecular flexibility index (Phi) is 4.42. The van der Waals surface area contributed by atoms with Gasteiger partial charge in [0, 0.05) is 18.0 Å². The first kappa shape index (κ1) is 13.1. The molecule has 0 aliphatic carbocycles. The maximum atomic E-state index is 12.0. The van der Waals surface area contributed by atoms with E-state index in [9.17, 15) is 4.79 Å². The highest BCUT2D eigenvalue weighted by Gasteiger charge is 2.43. The molecule has 1 rings (SSSR count). The molecule has 3 nitrogen and oxygen atoms in total. The fraction of sp³-hybridized carbons (Fsp3) is 0.583. The van der Waals surface area contributed by atoms with Crippen molar-refractivity contribution in [3.63, 3.8) is 0 Å². The van der Waals surface area contributed by atoms with E-state index in [0.717, 1.165) is 17.7 Å². The van der Waals surface area contributed by atoms with Crippen LogP contribution in [-0.4, -0.2) is 24.0 Å². The molecular weight excluding hydrogens is 226 g/mol. The Bertz CT molecular complexity index is 314. The number of carbonyl (C=O) groups excluding carboxylic acids is 1. The molecule has 1 N–H and O–H groups in total. The lowest BCUT2D eigenvalue weighted by Gasteiger charge is -2.28. The molecule has 1 aliphatic heterocycles. The number of nitrogens with one attached hydrogen (secondary N) is 1. The van der Waals surface area contributed by atoms with Gasteiger partial charge in [0.2, 0.25) is 0 Å². The van der Waals surface area contributed by atoms with Crippen LogP contribution in [0, 0.1) is 0 Å². The van der Waals surface area contributed by atoms with Crippen molar-refractivity contribution >= 4 is 17.6 Å². The first-order valence-corrected chi connectivity index (χ1v) is 5.93. The van der Waals surface area contributed by atoms with Crippen molar-refractivity contribution in [1.29, 1.82) is 0 Å². The predicted octanol–water partition coefficient (Wildman–Crippen LogP) is 2.37. The normalized spacial score (nSPS) is 24.0. The van der Waals surface area contributed by atoms with Crippen LogP contribution in [0.1, 0.15) is 26.2 Å². The SMILES string of the molecule is C=C(CCl)CC1(C(=O)OCC)CCC(=C)N1. The molecule has 1 atom stereocenters. The summed E-state index contributed by atoms with van der Waals surface area (Å²) in [6, 6.07) is 0. The summed E-state index contributed by atoms with van der Waals surface area (Å²) < 4.78 is 5.10. The van der Waals surface area contributed by atoms with Crippen molar-refractivity contribution < 1.29 is 9.53 Å². The Labute approximate surface area is 101 Å². The van der Waals surface area contributed by atoms with Gasteiger partial charge in [0.15, 0.2) is 0 Å². The quantitative estimate of drug-likeness (QED) is 0.458. The summed E-state index contributed by atoms with van der Waals surface area (Å²) in [5.74, 6) is 0.120. The number of ether oxygens (including phenoxy) is 1. The second-order valence-corrected chi connectivity index (χ2v) is 4.36. The van der Waals surface area contributed by atoms with E-state index in [2.05, 4.69) is 18.5 Å². The second kappa shape index (κ2) is 5.39. The largest absolute Gasteiger partial charge is 0.464 e. The molecular formula is C12H18ClNO2. The Morgan fingerprint density at radius 3 is 2.81 bits per heavy atom. The van der Waals surface area contributed by atoms with Crippen LogP contribution < -0.4 is 5.32 Å². The van der Waals surface area contributed by atoms with Gasteiger partial charge in [0.1, 0.15) is 5.54 Å². The molecule has 0 amide bonds. The first-order valence-electron chi connectivity index (χ1n) is 5.40. The van der Waals surface area contributed by atoms with Crippen molar-refractivity contribution in [3.05, 3.63) is 24.4 Å². The third-order valence-electron chi connectivity index (χ3n) is 2.68. The molecule has 1 fully saturated rings. The summed E-state index contributed by atoms with van der Waals surface area (Å²) in [4.78, 5) is 12.0. The van der Waals surface area contributed by atoms with Gasteiger partial charge in [-0.05, 0) is 19.8 Å².